The summed E-state index contributed by atoms with van der Waals surface area (Å²) in [5.41, 5.74) is 2.06. The molecule has 0 saturated carbocycles. The van der Waals surface area contributed by atoms with Crippen LogP contribution in [0, 0.1) is 5.82 Å². The number of nitrogens with one attached hydrogen (secondary N) is 1. The second kappa shape index (κ2) is 7.89. The lowest BCUT2D eigenvalue weighted by molar-refractivity contribution is -0.125. The third-order valence-electron chi connectivity index (χ3n) is 4.18. The average Bonchev–Trinajstić information content (AvgIpc) is 3.33. The van der Waals surface area contributed by atoms with Crippen molar-refractivity contribution in [3.63, 3.8) is 0 Å². The van der Waals surface area contributed by atoms with Crippen molar-refractivity contribution in [2.24, 2.45) is 5.16 Å². The van der Waals surface area contributed by atoms with Gasteiger partial charge in [-0.3, -0.25) is 10.1 Å². The third-order valence-corrected chi connectivity index (χ3v) is 4.67. The molecule has 2 heterocycles. The number of rotatable bonds is 5. The van der Waals surface area contributed by atoms with Crippen LogP contribution in [0.4, 0.5) is 10.3 Å². The number of benzene rings is 2. The summed E-state index contributed by atoms with van der Waals surface area (Å²) in [6, 6.07) is 14.0. The Labute approximate surface area is 168 Å². The Morgan fingerprint density at radius 2 is 2.14 bits per heavy atom. The Morgan fingerprint density at radius 3 is 2.96 bits per heavy atom. The number of aromatic nitrogens is 3. The Balaban J connectivity index is 1.36. The summed E-state index contributed by atoms with van der Waals surface area (Å²) in [6.07, 6.45) is 1.02. The number of carbonyl (C=O) groups excluding carboxylic acids is 1. The van der Waals surface area contributed by atoms with Crippen molar-refractivity contribution in [3.05, 3.63) is 76.3 Å². The second-order valence-electron chi connectivity index (χ2n) is 6.19. The normalized spacial score (nSPS) is 15.8. The molecule has 142 valence electrons. The molecular formula is C19H15BrFN5O2. The number of anilines is 1. The molecule has 4 rings (SSSR count). The molecule has 1 aliphatic heterocycles. The smallest absolute Gasteiger partial charge is 0.271 e. The van der Waals surface area contributed by atoms with E-state index in [0.29, 0.717) is 17.7 Å². The van der Waals surface area contributed by atoms with Crippen LogP contribution in [0.3, 0.4) is 0 Å². The summed E-state index contributed by atoms with van der Waals surface area (Å²) in [7, 11) is 0. The quantitative estimate of drug-likeness (QED) is 0.655. The minimum Gasteiger partial charge on any atom is -0.382 e. The predicted molar refractivity (Wildman–Crippen MR) is 104 cm³/mol. The van der Waals surface area contributed by atoms with E-state index in [1.807, 2.05) is 24.3 Å². The van der Waals surface area contributed by atoms with E-state index in [-0.39, 0.29) is 18.3 Å². The van der Waals surface area contributed by atoms with Crippen molar-refractivity contribution in [1.29, 1.82) is 0 Å². The van der Waals surface area contributed by atoms with Crippen molar-refractivity contribution >= 4 is 33.5 Å². The summed E-state index contributed by atoms with van der Waals surface area (Å²) in [6.45, 7) is 0.214. The van der Waals surface area contributed by atoms with E-state index < -0.39 is 12.0 Å². The van der Waals surface area contributed by atoms with Crippen LogP contribution >= 0.6 is 15.9 Å². The van der Waals surface area contributed by atoms with E-state index in [9.17, 15) is 9.18 Å². The van der Waals surface area contributed by atoms with E-state index in [0.717, 1.165) is 10.0 Å². The van der Waals surface area contributed by atoms with Crippen LogP contribution in [0.1, 0.15) is 17.5 Å². The first-order valence-electron chi connectivity index (χ1n) is 8.51. The molecule has 0 radical (unpaired) electrons. The summed E-state index contributed by atoms with van der Waals surface area (Å²) < 4.78 is 16.1. The summed E-state index contributed by atoms with van der Waals surface area (Å²) in [5.74, 6) is -0.585. The predicted octanol–water partition coefficient (Wildman–Crippen LogP) is 3.36. The average molecular weight is 444 g/mol. The standard InChI is InChI=1S/C19H15BrFN5O2/c20-14-6-3-5-12(8-14)16-9-17(28-25-16)18(27)23-19-22-11-26(24-19)10-13-4-1-2-7-15(13)21/h1-8,11,17H,9-10H2,(H,23,24,27). The van der Waals surface area contributed by atoms with Crippen molar-refractivity contribution < 1.29 is 14.0 Å². The van der Waals surface area contributed by atoms with Crippen molar-refractivity contribution in [2.45, 2.75) is 19.1 Å². The van der Waals surface area contributed by atoms with Crippen molar-refractivity contribution in [1.82, 2.24) is 14.8 Å². The van der Waals surface area contributed by atoms with Crippen LogP contribution in [0.2, 0.25) is 0 Å². The molecule has 7 nitrogen and oxygen atoms in total. The minimum absolute atomic E-state index is 0.126. The summed E-state index contributed by atoms with van der Waals surface area (Å²) in [4.78, 5) is 21.7. The van der Waals surface area contributed by atoms with E-state index in [1.165, 1.54) is 17.1 Å². The number of amides is 1. The Hall–Kier alpha value is -3.07. The van der Waals surface area contributed by atoms with Crippen LogP contribution in [-0.2, 0) is 16.2 Å². The molecule has 0 fully saturated rings. The zero-order valence-corrected chi connectivity index (χ0v) is 16.1. The van der Waals surface area contributed by atoms with E-state index >= 15 is 0 Å². The molecule has 9 heteroatoms. The molecule has 1 amide bonds. The number of nitrogens with zero attached hydrogens (tertiary/aromatic N) is 4. The molecule has 1 aliphatic rings. The van der Waals surface area contributed by atoms with Gasteiger partial charge in [0, 0.05) is 22.0 Å². The summed E-state index contributed by atoms with van der Waals surface area (Å²) in [5, 5.41) is 10.8. The number of halogens is 2. The molecule has 1 unspecified atom stereocenters. The Kier molecular flexibility index (Phi) is 5.16. The molecule has 28 heavy (non-hydrogen) atoms. The van der Waals surface area contributed by atoms with Gasteiger partial charge in [-0.05, 0) is 18.2 Å². The first kappa shape index (κ1) is 18.3. The van der Waals surface area contributed by atoms with Crippen molar-refractivity contribution in [3.8, 4) is 0 Å². The maximum atomic E-state index is 13.7. The van der Waals surface area contributed by atoms with Gasteiger partial charge in [0.2, 0.25) is 12.1 Å². The van der Waals surface area contributed by atoms with Crippen LogP contribution in [0.5, 0.6) is 0 Å². The molecule has 0 aliphatic carbocycles. The molecule has 3 aromatic rings. The van der Waals surface area contributed by atoms with Gasteiger partial charge in [0.1, 0.15) is 12.1 Å². The minimum atomic E-state index is -0.757. The monoisotopic (exact) mass is 443 g/mol. The fourth-order valence-electron chi connectivity index (χ4n) is 2.78. The fourth-order valence-corrected chi connectivity index (χ4v) is 3.18. The molecule has 2 aromatic carbocycles. The first-order chi connectivity index (χ1) is 13.6. The van der Waals surface area contributed by atoms with Gasteiger partial charge in [0.05, 0.1) is 12.3 Å². The maximum Gasteiger partial charge on any atom is 0.271 e. The molecule has 1 N–H and O–H groups in total. The molecule has 0 bridgehead atoms. The van der Waals surface area contributed by atoms with Crippen LogP contribution in [0.15, 0.2) is 64.5 Å². The Morgan fingerprint density at radius 1 is 1.29 bits per heavy atom. The molecule has 0 saturated heterocycles. The van der Waals surface area contributed by atoms with Crippen molar-refractivity contribution in [2.75, 3.05) is 5.32 Å². The van der Waals surface area contributed by atoms with Crippen LogP contribution < -0.4 is 5.32 Å². The highest BCUT2D eigenvalue weighted by Crippen LogP contribution is 2.20. The number of carbonyl (C=O) groups is 1. The maximum absolute atomic E-state index is 13.7. The van der Waals surface area contributed by atoms with Gasteiger partial charge in [-0.15, -0.1) is 5.10 Å². The third kappa shape index (κ3) is 4.09. The zero-order valence-electron chi connectivity index (χ0n) is 14.5. The molecule has 0 spiro atoms. The summed E-state index contributed by atoms with van der Waals surface area (Å²) >= 11 is 3.41. The SMILES string of the molecule is O=C(Nc1ncn(Cc2ccccc2F)n1)C1CC(c2cccc(Br)c2)=NO1. The highest BCUT2D eigenvalue weighted by atomic mass is 79.9. The van der Waals surface area contributed by atoms with Gasteiger partial charge in [-0.25, -0.2) is 14.1 Å². The van der Waals surface area contributed by atoms with Gasteiger partial charge in [0.25, 0.3) is 5.91 Å². The largest absolute Gasteiger partial charge is 0.382 e. The van der Waals surface area contributed by atoms with Gasteiger partial charge in [0.15, 0.2) is 0 Å². The topological polar surface area (TPSA) is 81.4 Å². The first-order valence-corrected chi connectivity index (χ1v) is 9.30. The van der Waals surface area contributed by atoms with E-state index in [2.05, 4.69) is 36.5 Å². The van der Waals surface area contributed by atoms with Gasteiger partial charge < -0.3 is 4.84 Å². The zero-order chi connectivity index (χ0) is 19.5. The van der Waals surface area contributed by atoms with Gasteiger partial charge in [-0.2, -0.15) is 0 Å². The van der Waals surface area contributed by atoms with E-state index in [1.54, 1.807) is 18.2 Å². The second-order valence-corrected chi connectivity index (χ2v) is 7.11. The van der Waals surface area contributed by atoms with Gasteiger partial charge in [-0.1, -0.05) is 51.4 Å². The molecule has 1 atom stereocenters. The number of oxime groups is 1. The highest BCUT2D eigenvalue weighted by Gasteiger charge is 2.29. The fraction of sp³-hybridized carbons (Fsp3) is 0.158. The molecule has 1 aromatic heterocycles. The van der Waals surface area contributed by atoms with Gasteiger partial charge >= 0.3 is 0 Å². The van der Waals surface area contributed by atoms with Crippen LogP contribution in [-0.4, -0.2) is 32.5 Å². The van der Waals surface area contributed by atoms with Crippen LogP contribution in [0.25, 0.3) is 0 Å². The lowest BCUT2D eigenvalue weighted by atomic mass is 10.0. The van der Waals surface area contributed by atoms with E-state index in [4.69, 9.17) is 4.84 Å². The number of hydrogen-bond acceptors (Lipinski definition) is 5. The lowest BCUT2D eigenvalue weighted by Gasteiger charge is -2.07. The lowest BCUT2D eigenvalue weighted by Crippen LogP contribution is -2.28. The molecular weight excluding hydrogens is 429 g/mol. The number of hydrogen-bond donors (Lipinski definition) is 1. The Bertz CT molecular complexity index is 1050. The highest BCUT2D eigenvalue weighted by molar-refractivity contribution is 9.10.